The molecule has 1 unspecified atom stereocenters. The molecule has 0 aromatic heterocycles. The second-order valence-corrected chi connectivity index (χ2v) is 13.9. The van der Waals surface area contributed by atoms with E-state index in [2.05, 4.69) is 0 Å². The standard InChI is InChI=1S/C30H55N3O8/c1-22(2)38-24(34)13-12-23(27(37)41-30(9,10)11)33-18-16-31(20-25(35)39-28(3,4)5)14-15-32(17-19-33)21-26(36)40-29(6,7)8/h22-23H,12-21H2,1-11H3. The first-order chi connectivity index (χ1) is 18.6. The maximum atomic E-state index is 13.4. The van der Waals surface area contributed by atoms with E-state index in [-0.39, 0.29) is 49.9 Å². The van der Waals surface area contributed by atoms with E-state index in [1.165, 1.54) is 0 Å². The zero-order valence-corrected chi connectivity index (χ0v) is 27.3. The molecule has 0 spiro atoms. The molecule has 11 nitrogen and oxygen atoms in total. The molecule has 0 aliphatic carbocycles. The Hall–Kier alpha value is -2.24. The lowest BCUT2D eigenvalue weighted by Crippen LogP contribution is -2.49. The molecule has 0 aromatic rings. The summed E-state index contributed by atoms with van der Waals surface area (Å²) in [6, 6.07) is -0.709. The summed E-state index contributed by atoms with van der Waals surface area (Å²) in [6.07, 6.45) is 0.0241. The van der Waals surface area contributed by atoms with Crippen LogP contribution in [0.15, 0.2) is 0 Å². The Labute approximate surface area is 247 Å². The van der Waals surface area contributed by atoms with Gasteiger partial charge in [-0.05, 0) is 82.6 Å². The molecule has 1 fully saturated rings. The van der Waals surface area contributed by atoms with Crippen LogP contribution in [0, 0.1) is 0 Å². The first kappa shape index (κ1) is 36.8. The molecule has 238 valence electrons. The van der Waals surface area contributed by atoms with Gasteiger partial charge in [-0.25, -0.2) is 0 Å². The van der Waals surface area contributed by atoms with Crippen LogP contribution in [0.4, 0.5) is 0 Å². The number of carbonyl (C=O) groups excluding carboxylic acids is 4. The van der Waals surface area contributed by atoms with Crippen molar-refractivity contribution in [1.29, 1.82) is 0 Å². The van der Waals surface area contributed by atoms with Crippen LogP contribution in [0.25, 0.3) is 0 Å². The van der Waals surface area contributed by atoms with E-state index in [1.54, 1.807) is 34.6 Å². The van der Waals surface area contributed by atoms with Crippen molar-refractivity contribution in [3.8, 4) is 0 Å². The van der Waals surface area contributed by atoms with Crippen molar-refractivity contribution < 1.29 is 38.1 Å². The second kappa shape index (κ2) is 15.8. The zero-order chi connectivity index (χ0) is 31.6. The largest absolute Gasteiger partial charge is 0.463 e. The number of esters is 4. The Morgan fingerprint density at radius 1 is 0.610 bits per heavy atom. The molecule has 1 saturated heterocycles. The first-order valence-electron chi connectivity index (χ1n) is 14.7. The number of ether oxygens (including phenoxy) is 4. The van der Waals surface area contributed by atoms with Crippen LogP contribution in [-0.4, -0.2) is 120 Å². The van der Waals surface area contributed by atoms with Gasteiger partial charge in [-0.2, -0.15) is 0 Å². The highest BCUT2D eigenvalue weighted by Gasteiger charge is 2.33. The van der Waals surface area contributed by atoms with Crippen LogP contribution in [0.1, 0.15) is 89.0 Å². The van der Waals surface area contributed by atoms with E-state index >= 15 is 0 Å². The van der Waals surface area contributed by atoms with E-state index < -0.39 is 28.8 Å². The van der Waals surface area contributed by atoms with Crippen LogP contribution < -0.4 is 0 Å². The van der Waals surface area contributed by atoms with Crippen molar-refractivity contribution in [2.45, 2.75) is 118 Å². The number of hydrogen-bond donors (Lipinski definition) is 0. The highest BCUT2D eigenvalue weighted by molar-refractivity contribution is 5.78. The van der Waals surface area contributed by atoms with Gasteiger partial charge in [0.25, 0.3) is 0 Å². The van der Waals surface area contributed by atoms with Crippen molar-refractivity contribution in [1.82, 2.24) is 14.7 Å². The summed E-state index contributed by atoms with van der Waals surface area (Å²) in [5.41, 5.74) is -1.94. The molecule has 11 heteroatoms. The fourth-order valence-electron chi connectivity index (χ4n) is 4.29. The number of hydrogen-bond acceptors (Lipinski definition) is 11. The Bertz CT molecular complexity index is 828. The highest BCUT2D eigenvalue weighted by Crippen LogP contribution is 2.18. The SMILES string of the molecule is CC(C)OC(=O)CCC(C(=O)OC(C)(C)C)N1CCN(CC(=O)OC(C)(C)C)CCN(CC(=O)OC(C)(C)C)CC1. The van der Waals surface area contributed by atoms with Gasteiger partial charge in [0, 0.05) is 45.7 Å². The fourth-order valence-corrected chi connectivity index (χ4v) is 4.29. The molecule has 0 aromatic carbocycles. The van der Waals surface area contributed by atoms with Crippen LogP contribution in [0.2, 0.25) is 0 Å². The van der Waals surface area contributed by atoms with Gasteiger partial charge >= 0.3 is 23.9 Å². The smallest absolute Gasteiger partial charge is 0.323 e. The van der Waals surface area contributed by atoms with E-state index in [0.717, 1.165) is 0 Å². The molecule has 1 heterocycles. The van der Waals surface area contributed by atoms with E-state index in [9.17, 15) is 19.2 Å². The first-order valence-corrected chi connectivity index (χ1v) is 14.7. The monoisotopic (exact) mass is 585 g/mol. The van der Waals surface area contributed by atoms with Crippen LogP contribution >= 0.6 is 0 Å². The molecular formula is C30H55N3O8. The van der Waals surface area contributed by atoms with E-state index in [1.807, 2.05) is 56.2 Å². The third kappa shape index (κ3) is 17.3. The van der Waals surface area contributed by atoms with Crippen LogP contribution in [0.3, 0.4) is 0 Å². The molecule has 0 N–H and O–H groups in total. The maximum Gasteiger partial charge on any atom is 0.323 e. The number of rotatable bonds is 10. The van der Waals surface area contributed by atoms with Gasteiger partial charge in [-0.3, -0.25) is 33.9 Å². The van der Waals surface area contributed by atoms with Gasteiger partial charge in [-0.15, -0.1) is 0 Å². The summed E-state index contributed by atoms with van der Waals surface area (Å²) in [5, 5.41) is 0. The third-order valence-electron chi connectivity index (χ3n) is 5.79. The van der Waals surface area contributed by atoms with Gasteiger partial charge in [0.15, 0.2) is 0 Å². The summed E-state index contributed by atoms with van der Waals surface area (Å²) in [5.74, 6) is -1.49. The van der Waals surface area contributed by atoms with Crippen molar-refractivity contribution in [3.05, 3.63) is 0 Å². The average Bonchev–Trinajstić information content (AvgIpc) is 2.81. The molecule has 0 amide bonds. The second-order valence-electron chi connectivity index (χ2n) is 13.9. The van der Waals surface area contributed by atoms with E-state index in [4.69, 9.17) is 18.9 Å². The minimum atomic E-state index is -0.709. The maximum absolute atomic E-state index is 13.4. The normalized spacial score (nSPS) is 17.7. The minimum Gasteiger partial charge on any atom is -0.463 e. The zero-order valence-electron chi connectivity index (χ0n) is 27.3. The summed E-state index contributed by atoms with van der Waals surface area (Å²) in [7, 11) is 0. The summed E-state index contributed by atoms with van der Waals surface area (Å²) in [6.45, 7) is 23.0. The minimum absolute atomic E-state index is 0.0574. The molecule has 0 bridgehead atoms. The lowest BCUT2D eigenvalue weighted by molar-refractivity contribution is -0.163. The quantitative estimate of drug-likeness (QED) is 0.278. The average molecular weight is 586 g/mol. The van der Waals surface area contributed by atoms with Gasteiger partial charge in [0.05, 0.1) is 19.2 Å². The Morgan fingerprint density at radius 2 is 1.00 bits per heavy atom. The van der Waals surface area contributed by atoms with Crippen molar-refractivity contribution in [2.75, 3.05) is 52.4 Å². The topological polar surface area (TPSA) is 115 Å². The lowest BCUT2D eigenvalue weighted by atomic mass is 10.1. The molecule has 1 atom stereocenters. The molecule has 41 heavy (non-hydrogen) atoms. The Kier molecular flexibility index (Phi) is 14.2. The van der Waals surface area contributed by atoms with Gasteiger partial charge in [0.2, 0.25) is 0 Å². The van der Waals surface area contributed by atoms with Crippen molar-refractivity contribution >= 4 is 23.9 Å². The number of nitrogens with zero attached hydrogens (tertiary/aromatic N) is 3. The van der Waals surface area contributed by atoms with Crippen LogP contribution in [0.5, 0.6) is 0 Å². The van der Waals surface area contributed by atoms with Crippen molar-refractivity contribution in [2.24, 2.45) is 0 Å². The molecule has 1 aliphatic rings. The molecule has 1 rings (SSSR count). The van der Waals surface area contributed by atoms with Crippen molar-refractivity contribution in [3.63, 3.8) is 0 Å². The summed E-state index contributed by atoms with van der Waals surface area (Å²) < 4.78 is 22.2. The summed E-state index contributed by atoms with van der Waals surface area (Å²) in [4.78, 5) is 57.1. The Morgan fingerprint density at radius 3 is 1.37 bits per heavy atom. The third-order valence-corrected chi connectivity index (χ3v) is 5.79. The van der Waals surface area contributed by atoms with Gasteiger partial charge in [-0.1, -0.05) is 0 Å². The Balaban J connectivity index is 3.23. The van der Waals surface area contributed by atoms with Gasteiger partial charge < -0.3 is 18.9 Å². The predicted molar refractivity (Wildman–Crippen MR) is 156 cm³/mol. The predicted octanol–water partition coefficient (Wildman–Crippen LogP) is 3.03. The van der Waals surface area contributed by atoms with Gasteiger partial charge in [0.1, 0.15) is 22.8 Å². The van der Waals surface area contributed by atoms with Crippen LogP contribution in [-0.2, 0) is 38.1 Å². The molecule has 0 saturated carbocycles. The molecular weight excluding hydrogens is 530 g/mol. The summed E-state index contributed by atoms with van der Waals surface area (Å²) >= 11 is 0. The van der Waals surface area contributed by atoms with E-state index in [0.29, 0.717) is 39.3 Å². The highest BCUT2D eigenvalue weighted by atomic mass is 16.6. The molecule has 1 aliphatic heterocycles. The fraction of sp³-hybridized carbons (Fsp3) is 0.867. The number of carbonyl (C=O) groups is 4. The lowest BCUT2D eigenvalue weighted by Gasteiger charge is -2.33. The molecule has 0 radical (unpaired) electrons.